The lowest BCUT2D eigenvalue weighted by Crippen LogP contribution is -2.49. The van der Waals surface area contributed by atoms with Crippen molar-refractivity contribution in [3.8, 4) is 0 Å². The molecular weight excluding hydrogens is 439 g/mol. The third-order valence-electron chi connectivity index (χ3n) is 4.59. The number of carbonyl (C=O) groups excluding carboxylic acids is 2. The van der Waals surface area contributed by atoms with E-state index in [2.05, 4.69) is 5.32 Å². The van der Waals surface area contributed by atoms with Crippen LogP contribution < -0.4 is 5.32 Å². The van der Waals surface area contributed by atoms with Gasteiger partial charge in [0.25, 0.3) is 0 Å². The van der Waals surface area contributed by atoms with E-state index in [0.717, 1.165) is 4.90 Å². The molecule has 30 heavy (non-hydrogen) atoms. The topological polar surface area (TPSA) is 49.4 Å². The van der Waals surface area contributed by atoms with Gasteiger partial charge < -0.3 is 10.2 Å². The molecule has 0 fully saturated rings. The SMILES string of the molecule is Cc1ccc(SCCC(=O)N(Cc2c(Cl)cccc2Cl)C(C)C(=O)NC(C)C)cc1. The fourth-order valence-corrected chi connectivity index (χ4v) is 4.23. The number of halogens is 2. The smallest absolute Gasteiger partial charge is 0.242 e. The Morgan fingerprint density at radius 3 is 2.20 bits per heavy atom. The number of carbonyl (C=O) groups is 2. The number of hydrogen-bond donors (Lipinski definition) is 1. The molecule has 2 amide bonds. The Labute approximate surface area is 193 Å². The predicted octanol–water partition coefficient (Wildman–Crippen LogP) is 5.73. The van der Waals surface area contributed by atoms with E-state index in [1.807, 2.05) is 45.0 Å². The van der Waals surface area contributed by atoms with E-state index >= 15 is 0 Å². The van der Waals surface area contributed by atoms with Crippen molar-refractivity contribution in [2.75, 3.05) is 5.75 Å². The van der Waals surface area contributed by atoms with Crippen LogP contribution in [0.1, 0.15) is 38.3 Å². The molecule has 2 aromatic rings. The molecule has 0 saturated heterocycles. The number of rotatable bonds is 9. The summed E-state index contributed by atoms with van der Waals surface area (Å²) < 4.78 is 0. The molecule has 1 unspecified atom stereocenters. The molecule has 4 nitrogen and oxygen atoms in total. The summed E-state index contributed by atoms with van der Waals surface area (Å²) in [5.74, 6) is 0.303. The van der Waals surface area contributed by atoms with E-state index < -0.39 is 6.04 Å². The molecule has 1 N–H and O–H groups in total. The van der Waals surface area contributed by atoms with Crippen LogP contribution in [0.5, 0.6) is 0 Å². The molecule has 7 heteroatoms. The number of nitrogens with one attached hydrogen (secondary N) is 1. The summed E-state index contributed by atoms with van der Waals surface area (Å²) in [6.07, 6.45) is 0.305. The van der Waals surface area contributed by atoms with Crippen molar-refractivity contribution in [2.45, 2.75) is 57.6 Å². The van der Waals surface area contributed by atoms with E-state index in [9.17, 15) is 9.59 Å². The van der Waals surface area contributed by atoms with Gasteiger partial charge in [0.05, 0.1) is 0 Å². The third kappa shape index (κ3) is 7.22. The molecule has 0 aliphatic heterocycles. The second-order valence-corrected chi connectivity index (χ2v) is 9.46. The molecule has 2 aromatic carbocycles. The van der Waals surface area contributed by atoms with E-state index in [0.29, 0.717) is 27.8 Å². The largest absolute Gasteiger partial charge is 0.352 e. The Hall–Kier alpha value is -1.69. The zero-order chi connectivity index (χ0) is 22.3. The molecule has 1 atom stereocenters. The first kappa shape index (κ1) is 24.6. The highest BCUT2D eigenvalue weighted by Gasteiger charge is 2.27. The number of thioether (sulfide) groups is 1. The summed E-state index contributed by atoms with van der Waals surface area (Å²) in [7, 11) is 0. The first-order chi connectivity index (χ1) is 14.2. The van der Waals surface area contributed by atoms with Crippen LogP contribution in [0, 0.1) is 6.92 Å². The summed E-state index contributed by atoms with van der Waals surface area (Å²) in [6.45, 7) is 7.73. The molecule has 0 aliphatic rings. The second kappa shape index (κ2) is 11.6. The first-order valence-electron chi connectivity index (χ1n) is 9.91. The molecule has 0 heterocycles. The van der Waals surface area contributed by atoms with Crippen LogP contribution in [0.2, 0.25) is 10.0 Å². The minimum atomic E-state index is -0.642. The Bertz CT molecular complexity index is 852. The van der Waals surface area contributed by atoms with Crippen molar-refractivity contribution < 1.29 is 9.59 Å². The van der Waals surface area contributed by atoms with Crippen molar-refractivity contribution in [2.24, 2.45) is 0 Å². The fraction of sp³-hybridized carbons (Fsp3) is 0.391. The quantitative estimate of drug-likeness (QED) is 0.480. The highest BCUT2D eigenvalue weighted by Crippen LogP contribution is 2.27. The standard InChI is InChI=1S/C23H28Cl2N2O2S/c1-15(2)26-23(29)17(4)27(14-19-20(24)6-5-7-21(19)25)22(28)12-13-30-18-10-8-16(3)9-11-18/h5-11,15,17H,12-14H2,1-4H3,(H,26,29). The average Bonchev–Trinajstić information content (AvgIpc) is 2.68. The van der Waals surface area contributed by atoms with Crippen LogP contribution in [0.4, 0.5) is 0 Å². The first-order valence-corrected chi connectivity index (χ1v) is 11.7. The minimum Gasteiger partial charge on any atom is -0.352 e. The van der Waals surface area contributed by atoms with Crippen LogP contribution in [-0.2, 0) is 16.1 Å². The van der Waals surface area contributed by atoms with Crippen LogP contribution in [0.25, 0.3) is 0 Å². The average molecular weight is 467 g/mol. The van der Waals surface area contributed by atoms with E-state index in [-0.39, 0.29) is 24.4 Å². The van der Waals surface area contributed by atoms with Gasteiger partial charge in [0, 0.05) is 45.3 Å². The van der Waals surface area contributed by atoms with Gasteiger partial charge in [-0.2, -0.15) is 0 Å². The van der Waals surface area contributed by atoms with E-state index in [1.165, 1.54) is 5.56 Å². The van der Waals surface area contributed by atoms with Gasteiger partial charge >= 0.3 is 0 Å². The van der Waals surface area contributed by atoms with Crippen molar-refractivity contribution >= 4 is 46.8 Å². The van der Waals surface area contributed by atoms with Crippen LogP contribution in [0.3, 0.4) is 0 Å². The van der Waals surface area contributed by atoms with Crippen LogP contribution in [-0.4, -0.2) is 34.6 Å². The monoisotopic (exact) mass is 466 g/mol. The van der Waals surface area contributed by atoms with Crippen molar-refractivity contribution in [3.63, 3.8) is 0 Å². The zero-order valence-electron chi connectivity index (χ0n) is 17.7. The highest BCUT2D eigenvalue weighted by atomic mass is 35.5. The van der Waals surface area contributed by atoms with Crippen molar-refractivity contribution in [1.29, 1.82) is 0 Å². The Balaban J connectivity index is 2.13. The van der Waals surface area contributed by atoms with Gasteiger partial charge in [0.15, 0.2) is 0 Å². The molecule has 0 aliphatic carbocycles. The third-order valence-corrected chi connectivity index (χ3v) is 6.32. The number of nitrogens with zero attached hydrogens (tertiary/aromatic N) is 1. The lowest BCUT2D eigenvalue weighted by molar-refractivity contribution is -0.140. The molecule has 162 valence electrons. The maximum Gasteiger partial charge on any atom is 0.242 e. The maximum absolute atomic E-state index is 13.1. The molecule has 0 bridgehead atoms. The summed E-state index contributed by atoms with van der Waals surface area (Å²) >= 11 is 14.3. The molecule has 0 radical (unpaired) electrons. The molecule has 0 saturated carbocycles. The molecule has 0 spiro atoms. The second-order valence-electron chi connectivity index (χ2n) is 7.47. The lowest BCUT2D eigenvalue weighted by atomic mass is 10.1. The van der Waals surface area contributed by atoms with Crippen LogP contribution >= 0.6 is 35.0 Å². The van der Waals surface area contributed by atoms with Gasteiger partial charge in [0.2, 0.25) is 11.8 Å². The van der Waals surface area contributed by atoms with Gasteiger partial charge in [0.1, 0.15) is 6.04 Å². The van der Waals surface area contributed by atoms with Gasteiger partial charge in [-0.1, -0.05) is 47.0 Å². The minimum absolute atomic E-state index is 0.0158. The van der Waals surface area contributed by atoms with Gasteiger partial charge in [-0.05, 0) is 52.0 Å². The Kier molecular flexibility index (Phi) is 9.53. The fourth-order valence-electron chi connectivity index (χ4n) is 2.88. The Morgan fingerprint density at radius 1 is 1.03 bits per heavy atom. The summed E-state index contributed by atoms with van der Waals surface area (Å²) in [5, 5.41) is 3.83. The van der Waals surface area contributed by atoms with Gasteiger partial charge in [-0.25, -0.2) is 0 Å². The van der Waals surface area contributed by atoms with E-state index in [4.69, 9.17) is 23.2 Å². The normalized spacial score (nSPS) is 12.0. The van der Waals surface area contributed by atoms with Gasteiger partial charge in [-0.3, -0.25) is 9.59 Å². The van der Waals surface area contributed by atoms with E-state index in [1.54, 1.807) is 41.8 Å². The molecule has 2 rings (SSSR count). The van der Waals surface area contributed by atoms with Gasteiger partial charge in [-0.15, -0.1) is 11.8 Å². The Morgan fingerprint density at radius 2 is 1.63 bits per heavy atom. The van der Waals surface area contributed by atoms with Crippen LogP contribution in [0.15, 0.2) is 47.4 Å². The molecular formula is C23H28Cl2N2O2S. The highest BCUT2D eigenvalue weighted by molar-refractivity contribution is 7.99. The molecule has 0 aromatic heterocycles. The summed E-state index contributed by atoms with van der Waals surface area (Å²) in [4.78, 5) is 28.4. The maximum atomic E-state index is 13.1. The zero-order valence-corrected chi connectivity index (χ0v) is 20.1. The van der Waals surface area contributed by atoms with Crippen molar-refractivity contribution in [1.82, 2.24) is 10.2 Å². The van der Waals surface area contributed by atoms with Crippen molar-refractivity contribution in [3.05, 3.63) is 63.6 Å². The lowest BCUT2D eigenvalue weighted by Gasteiger charge is -2.30. The number of hydrogen-bond acceptors (Lipinski definition) is 3. The summed E-state index contributed by atoms with van der Waals surface area (Å²) in [5.41, 5.74) is 1.84. The predicted molar refractivity (Wildman–Crippen MR) is 126 cm³/mol. The summed E-state index contributed by atoms with van der Waals surface area (Å²) in [6, 6.07) is 12.8. The number of benzene rings is 2. The number of aryl methyl sites for hydroxylation is 1. The number of amides is 2.